The molecule has 0 saturated heterocycles. The highest BCUT2D eigenvalue weighted by atomic mass is 32.2. The lowest BCUT2D eigenvalue weighted by molar-refractivity contribution is 0.102. The number of sulfonamides is 1. The summed E-state index contributed by atoms with van der Waals surface area (Å²) in [4.78, 5) is 12.5. The molecule has 0 radical (unpaired) electrons. The molecule has 2 N–H and O–H groups in total. The Labute approximate surface area is 163 Å². The average Bonchev–Trinajstić information content (AvgIpc) is 2.65. The van der Waals surface area contributed by atoms with E-state index in [0.29, 0.717) is 11.3 Å². The van der Waals surface area contributed by atoms with Crippen LogP contribution in [-0.4, -0.2) is 14.3 Å². The van der Waals surface area contributed by atoms with Gasteiger partial charge in [-0.2, -0.15) is 0 Å². The van der Waals surface area contributed by atoms with Crippen LogP contribution in [0.15, 0.2) is 71.6 Å². The predicted octanol–water partition coefficient (Wildman–Crippen LogP) is 4.50. The van der Waals surface area contributed by atoms with Crippen LogP contribution in [0.25, 0.3) is 0 Å². The van der Waals surface area contributed by atoms with Crippen molar-refractivity contribution in [3.63, 3.8) is 0 Å². The van der Waals surface area contributed by atoms with E-state index >= 15 is 0 Å². The molecule has 0 saturated carbocycles. The summed E-state index contributed by atoms with van der Waals surface area (Å²) in [6, 6.07) is 16.3. The summed E-state index contributed by atoms with van der Waals surface area (Å²) < 4.78 is 40.6. The summed E-state index contributed by atoms with van der Waals surface area (Å²) >= 11 is 0. The summed E-state index contributed by atoms with van der Waals surface area (Å²) in [6.45, 7) is 3.87. The zero-order chi connectivity index (χ0) is 20.3. The molecule has 0 fully saturated rings. The van der Waals surface area contributed by atoms with Gasteiger partial charge in [-0.05, 0) is 73.5 Å². The van der Waals surface area contributed by atoms with Crippen LogP contribution in [0.4, 0.5) is 15.8 Å². The van der Waals surface area contributed by atoms with Gasteiger partial charge < -0.3 is 5.32 Å². The van der Waals surface area contributed by atoms with Crippen LogP contribution in [0.3, 0.4) is 0 Å². The Morgan fingerprint density at radius 3 is 2.14 bits per heavy atom. The molecule has 0 atom stereocenters. The van der Waals surface area contributed by atoms with Gasteiger partial charge >= 0.3 is 0 Å². The second kappa shape index (κ2) is 7.82. The fourth-order valence-electron chi connectivity index (χ4n) is 2.58. The summed E-state index contributed by atoms with van der Waals surface area (Å²) in [5, 5.41) is 2.73. The molecule has 0 bridgehead atoms. The standard InChI is InChI=1S/C21H19FN2O3S/c1-14-7-8-16(13-15(14)2)21(25)23-19-5-3-4-6-20(19)24-28(26,27)18-11-9-17(22)10-12-18/h3-13,24H,1-2H3,(H,23,25). The van der Waals surface area contributed by atoms with E-state index in [2.05, 4.69) is 10.0 Å². The van der Waals surface area contributed by atoms with E-state index in [0.717, 1.165) is 23.3 Å². The van der Waals surface area contributed by atoms with Gasteiger partial charge in [-0.1, -0.05) is 18.2 Å². The molecule has 0 aliphatic heterocycles. The zero-order valence-electron chi connectivity index (χ0n) is 15.4. The lowest BCUT2D eigenvalue weighted by Crippen LogP contribution is -2.17. The topological polar surface area (TPSA) is 75.3 Å². The molecule has 0 aromatic heterocycles. The Bertz CT molecular complexity index is 1130. The number of rotatable bonds is 5. The molecule has 0 spiro atoms. The zero-order valence-corrected chi connectivity index (χ0v) is 16.2. The maximum atomic E-state index is 13.1. The second-order valence-electron chi connectivity index (χ2n) is 6.36. The number of para-hydroxylation sites is 2. The highest BCUT2D eigenvalue weighted by Crippen LogP contribution is 2.25. The summed E-state index contributed by atoms with van der Waals surface area (Å²) in [7, 11) is -3.93. The van der Waals surface area contributed by atoms with Crippen molar-refractivity contribution in [1.29, 1.82) is 0 Å². The minimum Gasteiger partial charge on any atom is -0.320 e. The van der Waals surface area contributed by atoms with Crippen molar-refractivity contribution in [2.45, 2.75) is 18.7 Å². The number of hydrogen-bond acceptors (Lipinski definition) is 3. The van der Waals surface area contributed by atoms with Crippen molar-refractivity contribution in [2.24, 2.45) is 0 Å². The van der Waals surface area contributed by atoms with Gasteiger partial charge in [0.15, 0.2) is 0 Å². The normalized spacial score (nSPS) is 11.1. The van der Waals surface area contributed by atoms with Crippen LogP contribution in [0, 0.1) is 19.7 Å². The molecule has 0 heterocycles. The van der Waals surface area contributed by atoms with Gasteiger partial charge in [0.05, 0.1) is 16.3 Å². The van der Waals surface area contributed by atoms with E-state index in [-0.39, 0.29) is 16.5 Å². The SMILES string of the molecule is Cc1ccc(C(=O)Nc2ccccc2NS(=O)(=O)c2ccc(F)cc2)cc1C. The second-order valence-corrected chi connectivity index (χ2v) is 8.04. The molecule has 0 aliphatic carbocycles. The van der Waals surface area contributed by atoms with E-state index in [1.54, 1.807) is 30.3 Å². The van der Waals surface area contributed by atoms with Crippen molar-refractivity contribution >= 4 is 27.3 Å². The fourth-order valence-corrected chi connectivity index (χ4v) is 3.66. The van der Waals surface area contributed by atoms with Crippen LogP contribution >= 0.6 is 0 Å². The van der Waals surface area contributed by atoms with Crippen LogP contribution in [0.5, 0.6) is 0 Å². The van der Waals surface area contributed by atoms with Crippen molar-refractivity contribution in [3.05, 3.63) is 89.2 Å². The Balaban J connectivity index is 1.85. The van der Waals surface area contributed by atoms with Crippen LogP contribution in [0.2, 0.25) is 0 Å². The molecule has 144 valence electrons. The molecule has 5 nitrogen and oxygen atoms in total. The van der Waals surface area contributed by atoms with Gasteiger partial charge in [0, 0.05) is 5.56 Å². The first-order valence-electron chi connectivity index (χ1n) is 8.52. The quantitative estimate of drug-likeness (QED) is 0.665. The molecule has 7 heteroatoms. The third kappa shape index (κ3) is 4.37. The van der Waals surface area contributed by atoms with Gasteiger partial charge in [-0.15, -0.1) is 0 Å². The average molecular weight is 398 g/mol. The first-order valence-corrected chi connectivity index (χ1v) is 10.0. The fraction of sp³-hybridized carbons (Fsp3) is 0.0952. The number of anilines is 2. The highest BCUT2D eigenvalue weighted by molar-refractivity contribution is 7.92. The van der Waals surface area contributed by atoms with Crippen LogP contribution in [-0.2, 0) is 10.0 Å². The highest BCUT2D eigenvalue weighted by Gasteiger charge is 2.17. The number of carbonyl (C=O) groups excluding carboxylic acids is 1. The van der Waals surface area contributed by atoms with Crippen LogP contribution < -0.4 is 10.0 Å². The molecule has 1 amide bonds. The Kier molecular flexibility index (Phi) is 5.46. The summed E-state index contributed by atoms with van der Waals surface area (Å²) in [5.41, 5.74) is 3.06. The van der Waals surface area contributed by atoms with E-state index in [1.165, 1.54) is 18.2 Å². The maximum absolute atomic E-state index is 13.1. The number of aryl methyl sites for hydroxylation is 2. The molecule has 3 aromatic rings. The van der Waals surface area contributed by atoms with Crippen molar-refractivity contribution in [1.82, 2.24) is 0 Å². The van der Waals surface area contributed by atoms with Gasteiger partial charge in [-0.3, -0.25) is 9.52 Å². The summed E-state index contributed by atoms with van der Waals surface area (Å²) in [6.07, 6.45) is 0. The minimum atomic E-state index is -3.93. The molecular weight excluding hydrogens is 379 g/mol. The van der Waals surface area contributed by atoms with Crippen molar-refractivity contribution in [3.8, 4) is 0 Å². The Hall–Kier alpha value is -3.19. The van der Waals surface area contributed by atoms with Gasteiger partial charge in [-0.25, -0.2) is 12.8 Å². The smallest absolute Gasteiger partial charge is 0.261 e. The molecule has 3 rings (SSSR count). The Morgan fingerprint density at radius 1 is 0.857 bits per heavy atom. The molecule has 28 heavy (non-hydrogen) atoms. The van der Waals surface area contributed by atoms with E-state index in [4.69, 9.17) is 0 Å². The lowest BCUT2D eigenvalue weighted by Gasteiger charge is -2.14. The number of halogens is 1. The number of benzene rings is 3. The van der Waals surface area contributed by atoms with E-state index in [9.17, 15) is 17.6 Å². The van der Waals surface area contributed by atoms with Gasteiger partial charge in [0.1, 0.15) is 5.82 Å². The molecule has 3 aromatic carbocycles. The largest absolute Gasteiger partial charge is 0.320 e. The lowest BCUT2D eigenvalue weighted by atomic mass is 10.1. The monoisotopic (exact) mass is 398 g/mol. The van der Waals surface area contributed by atoms with Gasteiger partial charge in [0.25, 0.3) is 15.9 Å². The van der Waals surface area contributed by atoms with E-state index in [1.807, 2.05) is 19.9 Å². The molecule has 0 aliphatic rings. The number of nitrogens with one attached hydrogen (secondary N) is 2. The summed E-state index contributed by atoms with van der Waals surface area (Å²) in [5.74, 6) is -0.878. The Morgan fingerprint density at radius 2 is 1.50 bits per heavy atom. The van der Waals surface area contributed by atoms with Crippen molar-refractivity contribution in [2.75, 3.05) is 10.0 Å². The van der Waals surface area contributed by atoms with Crippen LogP contribution in [0.1, 0.15) is 21.5 Å². The minimum absolute atomic E-state index is 0.0795. The van der Waals surface area contributed by atoms with Gasteiger partial charge in [0.2, 0.25) is 0 Å². The van der Waals surface area contributed by atoms with Crippen molar-refractivity contribution < 1.29 is 17.6 Å². The predicted molar refractivity (Wildman–Crippen MR) is 108 cm³/mol. The maximum Gasteiger partial charge on any atom is 0.261 e. The molecular formula is C21H19FN2O3S. The third-order valence-electron chi connectivity index (χ3n) is 4.31. The first-order chi connectivity index (χ1) is 13.3. The number of hydrogen-bond donors (Lipinski definition) is 2. The van der Waals surface area contributed by atoms with E-state index < -0.39 is 15.8 Å². The third-order valence-corrected chi connectivity index (χ3v) is 5.69. The first kappa shape index (κ1) is 19.6. The number of carbonyl (C=O) groups is 1. The molecule has 0 unspecified atom stereocenters. The number of amides is 1.